The third-order valence-corrected chi connectivity index (χ3v) is 5.52. The van der Waals surface area contributed by atoms with Crippen molar-refractivity contribution >= 4 is 29.9 Å². The van der Waals surface area contributed by atoms with Gasteiger partial charge in [0.05, 0.1) is 19.8 Å². The molecule has 0 radical (unpaired) electrons. The van der Waals surface area contributed by atoms with E-state index in [9.17, 15) is 0 Å². The Hall–Kier alpha value is -0.120. The average molecular weight is 495 g/mol. The van der Waals surface area contributed by atoms with Crippen LogP contribution in [0.2, 0.25) is 0 Å². The van der Waals surface area contributed by atoms with Gasteiger partial charge in [-0.2, -0.15) is 0 Å². The maximum absolute atomic E-state index is 5.41. The molecule has 2 fully saturated rings. The van der Waals surface area contributed by atoms with Crippen molar-refractivity contribution in [3.05, 3.63) is 0 Å². The number of hydrogen-bond acceptors (Lipinski definition) is 4. The smallest absolute Gasteiger partial charge is 0.191 e. The lowest BCUT2D eigenvalue weighted by Gasteiger charge is -2.44. The SMILES string of the molecule is CCNC(=NCC(C)(C)N1CC(C)CC(C)C1)NCCN1CCOCC1.I. The fraction of sp³-hybridized carbons (Fsp3) is 0.950. The van der Waals surface area contributed by atoms with Crippen LogP contribution in [0.3, 0.4) is 0 Å². The van der Waals surface area contributed by atoms with E-state index < -0.39 is 0 Å². The molecule has 2 aliphatic heterocycles. The van der Waals surface area contributed by atoms with E-state index >= 15 is 0 Å². The number of aliphatic imine (C=N–C) groups is 1. The molecule has 2 N–H and O–H groups in total. The Bertz CT molecular complexity index is 430. The molecule has 2 rings (SSSR count). The highest BCUT2D eigenvalue weighted by Gasteiger charge is 2.32. The molecular weight excluding hydrogens is 453 g/mol. The van der Waals surface area contributed by atoms with Gasteiger partial charge in [-0.15, -0.1) is 24.0 Å². The van der Waals surface area contributed by atoms with Crippen molar-refractivity contribution in [3.8, 4) is 0 Å². The molecule has 0 aliphatic carbocycles. The van der Waals surface area contributed by atoms with Gasteiger partial charge in [-0.3, -0.25) is 14.8 Å². The minimum absolute atomic E-state index is 0. The average Bonchev–Trinajstić information content (AvgIpc) is 2.60. The minimum Gasteiger partial charge on any atom is -0.379 e. The van der Waals surface area contributed by atoms with Gasteiger partial charge < -0.3 is 15.4 Å². The van der Waals surface area contributed by atoms with Crippen molar-refractivity contribution in [1.82, 2.24) is 20.4 Å². The molecule has 2 heterocycles. The molecule has 2 atom stereocenters. The fourth-order valence-electron chi connectivity index (χ4n) is 4.03. The number of nitrogens with zero attached hydrogens (tertiary/aromatic N) is 3. The van der Waals surface area contributed by atoms with Crippen LogP contribution in [0.25, 0.3) is 0 Å². The summed E-state index contributed by atoms with van der Waals surface area (Å²) in [6.45, 7) is 21.4. The predicted octanol–water partition coefficient (Wildman–Crippen LogP) is 2.25. The van der Waals surface area contributed by atoms with E-state index in [0.29, 0.717) is 0 Å². The number of piperidine rings is 1. The topological polar surface area (TPSA) is 52.1 Å². The van der Waals surface area contributed by atoms with Gasteiger partial charge in [-0.25, -0.2) is 0 Å². The summed E-state index contributed by atoms with van der Waals surface area (Å²) < 4.78 is 5.41. The number of hydrogen-bond donors (Lipinski definition) is 2. The standard InChI is InChI=1S/C20H41N5O.HI/c1-6-21-19(22-7-8-24-9-11-26-12-10-24)23-16-20(4,5)25-14-17(2)13-18(3)15-25;/h17-18H,6-16H2,1-5H3,(H2,21,22,23);1H. The Balaban J connectivity index is 0.00000364. The van der Waals surface area contributed by atoms with Gasteiger partial charge in [0.1, 0.15) is 0 Å². The van der Waals surface area contributed by atoms with Gasteiger partial charge in [-0.05, 0) is 39.0 Å². The Kier molecular flexibility index (Phi) is 11.5. The molecule has 0 aromatic carbocycles. The Morgan fingerprint density at radius 2 is 1.74 bits per heavy atom. The van der Waals surface area contributed by atoms with Crippen molar-refractivity contribution in [2.24, 2.45) is 16.8 Å². The molecular formula is C20H42IN5O. The third kappa shape index (κ3) is 8.83. The van der Waals surface area contributed by atoms with Gasteiger partial charge in [0.15, 0.2) is 5.96 Å². The summed E-state index contributed by atoms with van der Waals surface area (Å²) in [5.41, 5.74) is 0.0928. The number of nitrogens with one attached hydrogen (secondary N) is 2. The van der Waals surface area contributed by atoms with Gasteiger partial charge in [0, 0.05) is 51.4 Å². The monoisotopic (exact) mass is 495 g/mol. The molecule has 27 heavy (non-hydrogen) atoms. The molecule has 0 bridgehead atoms. The van der Waals surface area contributed by atoms with Crippen molar-refractivity contribution in [2.45, 2.75) is 46.6 Å². The van der Waals surface area contributed by atoms with Crippen molar-refractivity contribution in [3.63, 3.8) is 0 Å². The van der Waals surface area contributed by atoms with E-state index in [4.69, 9.17) is 9.73 Å². The van der Waals surface area contributed by atoms with Crippen LogP contribution in [0.4, 0.5) is 0 Å². The van der Waals surface area contributed by atoms with Crippen molar-refractivity contribution in [1.29, 1.82) is 0 Å². The molecule has 0 spiro atoms. The molecule has 0 saturated carbocycles. The quantitative estimate of drug-likeness (QED) is 0.323. The summed E-state index contributed by atoms with van der Waals surface area (Å²) in [6, 6.07) is 0. The third-order valence-electron chi connectivity index (χ3n) is 5.52. The van der Waals surface area contributed by atoms with E-state index in [1.54, 1.807) is 0 Å². The Morgan fingerprint density at radius 3 is 2.33 bits per heavy atom. The number of morpholine rings is 1. The van der Waals surface area contributed by atoms with Gasteiger partial charge in [-0.1, -0.05) is 13.8 Å². The van der Waals surface area contributed by atoms with Crippen LogP contribution in [0.5, 0.6) is 0 Å². The maximum atomic E-state index is 5.41. The molecule has 7 heteroatoms. The first-order chi connectivity index (χ1) is 12.4. The van der Waals surface area contributed by atoms with Crippen LogP contribution in [0.1, 0.15) is 41.0 Å². The lowest BCUT2D eigenvalue weighted by Crippen LogP contribution is -2.53. The number of guanidine groups is 1. The zero-order valence-corrected chi connectivity index (χ0v) is 20.4. The molecule has 2 unspecified atom stereocenters. The van der Waals surface area contributed by atoms with Crippen LogP contribution in [0.15, 0.2) is 4.99 Å². The Labute approximate surface area is 183 Å². The summed E-state index contributed by atoms with van der Waals surface area (Å²) in [7, 11) is 0. The van der Waals surface area contributed by atoms with Crippen LogP contribution >= 0.6 is 24.0 Å². The normalized spacial score (nSPS) is 25.7. The van der Waals surface area contributed by atoms with Gasteiger partial charge in [0.2, 0.25) is 0 Å². The Morgan fingerprint density at radius 1 is 1.11 bits per heavy atom. The van der Waals surface area contributed by atoms with E-state index in [-0.39, 0.29) is 29.5 Å². The first-order valence-corrected chi connectivity index (χ1v) is 10.5. The first-order valence-electron chi connectivity index (χ1n) is 10.5. The van der Waals surface area contributed by atoms with Gasteiger partial charge >= 0.3 is 0 Å². The molecule has 0 aromatic rings. The van der Waals surface area contributed by atoms with Crippen LogP contribution in [-0.2, 0) is 4.74 Å². The lowest BCUT2D eigenvalue weighted by molar-refractivity contribution is 0.0389. The van der Waals surface area contributed by atoms with Crippen LogP contribution < -0.4 is 10.6 Å². The minimum atomic E-state index is 0. The van der Waals surface area contributed by atoms with Crippen molar-refractivity contribution in [2.75, 3.05) is 65.6 Å². The number of ether oxygens (including phenoxy) is 1. The van der Waals surface area contributed by atoms with E-state index in [2.05, 4.69) is 55.1 Å². The highest BCUT2D eigenvalue weighted by Crippen LogP contribution is 2.27. The second-order valence-corrected chi connectivity index (χ2v) is 8.74. The predicted molar refractivity (Wildman–Crippen MR) is 125 cm³/mol. The molecule has 6 nitrogen and oxygen atoms in total. The summed E-state index contributed by atoms with van der Waals surface area (Å²) in [5, 5.41) is 6.89. The second-order valence-electron chi connectivity index (χ2n) is 8.74. The first kappa shape index (κ1) is 24.9. The number of rotatable bonds is 7. The van der Waals surface area contributed by atoms with Crippen molar-refractivity contribution < 1.29 is 4.74 Å². The van der Waals surface area contributed by atoms with Crippen LogP contribution in [0, 0.1) is 11.8 Å². The highest BCUT2D eigenvalue weighted by molar-refractivity contribution is 14.0. The summed E-state index contributed by atoms with van der Waals surface area (Å²) in [4.78, 5) is 9.98. The van der Waals surface area contributed by atoms with E-state index in [1.807, 2.05) is 0 Å². The second kappa shape index (κ2) is 12.4. The number of halogens is 1. The summed E-state index contributed by atoms with van der Waals surface area (Å²) >= 11 is 0. The molecule has 160 valence electrons. The summed E-state index contributed by atoms with van der Waals surface area (Å²) in [6.07, 6.45) is 1.35. The molecule has 0 aromatic heterocycles. The summed E-state index contributed by atoms with van der Waals surface area (Å²) in [5.74, 6) is 2.50. The zero-order chi connectivity index (χ0) is 19.0. The zero-order valence-electron chi connectivity index (χ0n) is 18.1. The van der Waals surface area contributed by atoms with E-state index in [1.165, 1.54) is 19.5 Å². The van der Waals surface area contributed by atoms with E-state index in [0.717, 1.165) is 70.3 Å². The molecule has 0 amide bonds. The fourth-order valence-corrected chi connectivity index (χ4v) is 4.03. The number of likely N-dealkylation sites (tertiary alicyclic amines) is 1. The lowest BCUT2D eigenvalue weighted by atomic mass is 9.88. The highest BCUT2D eigenvalue weighted by atomic mass is 127. The molecule has 2 saturated heterocycles. The van der Waals surface area contributed by atoms with Crippen LogP contribution in [-0.4, -0.2) is 86.9 Å². The maximum Gasteiger partial charge on any atom is 0.191 e. The molecule has 2 aliphatic rings. The van der Waals surface area contributed by atoms with Gasteiger partial charge in [0.25, 0.3) is 0 Å². The largest absolute Gasteiger partial charge is 0.379 e.